The van der Waals surface area contributed by atoms with Gasteiger partial charge in [-0.25, -0.2) is 13.4 Å². The molecular weight excluding hydrogens is 502 g/mol. The topological polar surface area (TPSA) is 100 Å². The van der Waals surface area contributed by atoms with Crippen molar-refractivity contribution in [3.05, 3.63) is 53.7 Å². The maximum Gasteiger partial charge on any atom is 0.259 e. The Labute approximate surface area is 226 Å². The highest BCUT2D eigenvalue weighted by Gasteiger charge is 2.35. The summed E-state index contributed by atoms with van der Waals surface area (Å²) in [4.78, 5) is 19.9. The molecule has 3 atom stereocenters. The number of carbonyl (C=O) groups is 1. The molecule has 1 N–H and O–H groups in total. The van der Waals surface area contributed by atoms with Crippen molar-refractivity contribution in [1.82, 2.24) is 14.2 Å². The van der Waals surface area contributed by atoms with Crippen LogP contribution in [0.2, 0.25) is 0 Å². The summed E-state index contributed by atoms with van der Waals surface area (Å²) in [5, 5.41) is 9.88. The molecule has 1 aromatic carbocycles. The molecular formula is C29H37N3O5S. The molecule has 204 valence electrons. The third-order valence-corrected chi connectivity index (χ3v) is 9.27. The third-order valence-electron chi connectivity index (χ3n) is 7.44. The Morgan fingerprint density at radius 3 is 2.61 bits per heavy atom. The normalized spacial score (nSPS) is 21.5. The van der Waals surface area contributed by atoms with Crippen molar-refractivity contribution in [2.24, 2.45) is 11.8 Å². The molecule has 0 radical (unpaired) electrons. The molecule has 1 aliphatic carbocycles. The number of aliphatic hydroxyl groups is 1. The minimum absolute atomic E-state index is 0.0677. The van der Waals surface area contributed by atoms with E-state index < -0.39 is 22.2 Å². The van der Waals surface area contributed by atoms with Crippen LogP contribution in [0.25, 0.3) is 0 Å². The summed E-state index contributed by atoms with van der Waals surface area (Å²) >= 11 is 0. The first-order chi connectivity index (χ1) is 18.2. The quantitative estimate of drug-likeness (QED) is 0.564. The molecule has 1 aliphatic heterocycles. The van der Waals surface area contributed by atoms with Crippen LogP contribution in [0.5, 0.6) is 5.88 Å². The lowest BCUT2D eigenvalue weighted by Gasteiger charge is -2.37. The summed E-state index contributed by atoms with van der Waals surface area (Å²) in [6.45, 7) is 3.86. The van der Waals surface area contributed by atoms with Crippen LogP contribution in [0.1, 0.15) is 61.9 Å². The van der Waals surface area contributed by atoms with Gasteiger partial charge in [0.25, 0.3) is 5.91 Å². The van der Waals surface area contributed by atoms with Crippen LogP contribution in [-0.2, 0) is 10.0 Å². The summed E-state index contributed by atoms with van der Waals surface area (Å²) in [5.41, 5.74) is 0.906. The number of sulfonamides is 1. The number of pyridine rings is 1. The maximum atomic E-state index is 13.6. The first-order valence-electron chi connectivity index (χ1n) is 13.3. The second-order valence-electron chi connectivity index (χ2n) is 10.4. The number of aliphatic hydroxyl groups excluding tert-OH is 1. The van der Waals surface area contributed by atoms with Crippen LogP contribution in [0.3, 0.4) is 0 Å². The number of amides is 1. The standard InChI is InChI=1S/C29H37N3O5S/c1-21-18-32(22(2)20-33)29(34)26-16-24(15-14-23-10-6-4-7-11-23)17-30-28(26)37-27(21)19-31(3)38(35,36)25-12-8-5-9-13-25/h5,8-9,12-13,16-17,21-23,27,33H,4,6-7,10-11,18-20H2,1-3H3/t21-,22-,27-/m0/s1. The first-order valence-corrected chi connectivity index (χ1v) is 14.8. The van der Waals surface area contributed by atoms with Gasteiger partial charge in [0.05, 0.1) is 24.1 Å². The highest BCUT2D eigenvalue weighted by molar-refractivity contribution is 7.89. The molecule has 38 heavy (non-hydrogen) atoms. The Balaban J connectivity index is 1.65. The first kappa shape index (κ1) is 28.1. The van der Waals surface area contributed by atoms with Gasteiger partial charge >= 0.3 is 0 Å². The molecule has 1 saturated carbocycles. The van der Waals surface area contributed by atoms with Gasteiger partial charge < -0.3 is 14.7 Å². The average molecular weight is 540 g/mol. The van der Waals surface area contributed by atoms with Gasteiger partial charge in [0, 0.05) is 37.2 Å². The molecule has 0 unspecified atom stereocenters. The second-order valence-corrected chi connectivity index (χ2v) is 12.4. The Morgan fingerprint density at radius 1 is 1.21 bits per heavy atom. The predicted molar refractivity (Wildman–Crippen MR) is 145 cm³/mol. The Hall–Kier alpha value is -2.93. The van der Waals surface area contributed by atoms with Gasteiger partial charge in [-0.05, 0) is 38.0 Å². The minimum atomic E-state index is -3.74. The van der Waals surface area contributed by atoms with E-state index in [1.807, 2.05) is 6.92 Å². The van der Waals surface area contributed by atoms with Crippen molar-refractivity contribution < 1.29 is 23.1 Å². The van der Waals surface area contributed by atoms with Crippen LogP contribution in [0.4, 0.5) is 0 Å². The number of likely N-dealkylation sites (N-methyl/N-ethyl adjacent to an activating group) is 1. The monoisotopic (exact) mass is 539 g/mol. The number of hydrogen-bond acceptors (Lipinski definition) is 6. The van der Waals surface area contributed by atoms with E-state index in [9.17, 15) is 18.3 Å². The van der Waals surface area contributed by atoms with Crippen molar-refractivity contribution in [2.75, 3.05) is 26.7 Å². The Morgan fingerprint density at radius 2 is 1.92 bits per heavy atom. The fraction of sp³-hybridized carbons (Fsp3) is 0.517. The number of benzene rings is 1. The lowest BCUT2D eigenvalue weighted by atomic mass is 9.90. The van der Waals surface area contributed by atoms with E-state index in [2.05, 4.69) is 16.8 Å². The lowest BCUT2D eigenvalue weighted by Crippen LogP contribution is -2.50. The summed E-state index contributed by atoms with van der Waals surface area (Å²) < 4.78 is 33.9. The van der Waals surface area contributed by atoms with Gasteiger partial charge in [-0.15, -0.1) is 0 Å². The summed E-state index contributed by atoms with van der Waals surface area (Å²) in [6.07, 6.45) is 6.85. The number of aromatic nitrogens is 1. The van der Waals surface area contributed by atoms with E-state index >= 15 is 0 Å². The van der Waals surface area contributed by atoms with Crippen LogP contribution in [0.15, 0.2) is 47.5 Å². The molecule has 1 amide bonds. The second kappa shape index (κ2) is 12.3. The molecule has 4 rings (SSSR count). The zero-order valence-corrected chi connectivity index (χ0v) is 23.2. The molecule has 9 heteroatoms. The van der Waals surface area contributed by atoms with Gasteiger partial charge in [0.1, 0.15) is 11.7 Å². The maximum absolute atomic E-state index is 13.6. The highest BCUT2D eigenvalue weighted by Crippen LogP contribution is 2.28. The van der Waals surface area contributed by atoms with Gasteiger partial charge in [0.2, 0.25) is 15.9 Å². The lowest BCUT2D eigenvalue weighted by molar-refractivity contribution is 0.0373. The van der Waals surface area contributed by atoms with Crippen molar-refractivity contribution in [2.45, 2.75) is 63.0 Å². The van der Waals surface area contributed by atoms with E-state index in [1.165, 1.54) is 30.6 Å². The largest absolute Gasteiger partial charge is 0.472 e. The number of hydrogen-bond donors (Lipinski definition) is 1. The molecule has 2 aromatic rings. The van der Waals surface area contributed by atoms with Crippen molar-refractivity contribution in [1.29, 1.82) is 0 Å². The predicted octanol–water partition coefficient (Wildman–Crippen LogP) is 3.55. The zero-order chi connectivity index (χ0) is 27.3. The molecule has 2 aliphatic rings. The summed E-state index contributed by atoms with van der Waals surface area (Å²) in [6, 6.07) is 9.53. The molecule has 0 spiro atoms. The van der Waals surface area contributed by atoms with Crippen LogP contribution in [-0.4, -0.2) is 72.5 Å². The van der Waals surface area contributed by atoms with Crippen molar-refractivity contribution >= 4 is 15.9 Å². The van der Waals surface area contributed by atoms with E-state index in [0.29, 0.717) is 18.0 Å². The van der Waals surface area contributed by atoms with Crippen molar-refractivity contribution in [3.8, 4) is 17.7 Å². The molecule has 1 fully saturated rings. The number of nitrogens with zero attached hydrogens (tertiary/aromatic N) is 3. The molecule has 0 saturated heterocycles. The third kappa shape index (κ3) is 6.37. The average Bonchev–Trinajstić information content (AvgIpc) is 2.94. The van der Waals surface area contributed by atoms with Crippen LogP contribution >= 0.6 is 0 Å². The van der Waals surface area contributed by atoms with Gasteiger partial charge in [-0.3, -0.25) is 4.79 Å². The smallest absolute Gasteiger partial charge is 0.259 e. The van der Waals surface area contributed by atoms with E-state index in [-0.39, 0.29) is 41.3 Å². The molecule has 8 nitrogen and oxygen atoms in total. The fourth-order valence-corrected chi connectivity index (χ4v) is 6.15. The van der Waals surface area contributed by atoms with Crippen molar-refractivity contribution in [3.63, 3.8) is 0 Å². The molecule has 0 bridgehead atoms. The van der Waals surface area contributed by atoms with Crippen LogP contribution in [0, 0.1) is 23.7 Å². The fourth-order valence-electron chi connectivity index (χ4n) is 4.94. The van der Waals surface area contributed by atoms with Gasteiger partial charge in [-0.2, -0.15) is 4.31 Å². The summed E-state index contributed by atoms with van der Waals surface area (Å²) in [7, 11) is -2.21. The van der Waals surface area contributed by atoms with Gasteiger partial charge in [0.15, 0.2) is 0 Å². The summed E-state index contributed by atoms with van der Waals surface area (Å²) in [5.74, 6) is 6.52. The minimum Gasteiger partial charge on any atom is -0.472 e. The number of carbonyl (C=O) groups excluding carboxylic acids is 1. The SMILES string of the molecule is C[C@H]1CN([C@@H](C)CO)C(=O)c2cc(C#CC3CCCCC3)cnc2O[C@H]1CN(C)S(=O)(=O)c1ccccc1. The number of ether oxygens (including phenoxy) is 1. The van der Waals surface area contributed by atoms with E-state index in [4.69, 9.17) is 4.74 Å². The number of fused-ring (bicyclic) bond motifs is 1. The Bertz CT molecular complexity index is 1280. The zero-order valence-electron chi connectivity index (χ0n) is 22.3. The Kier molecular flexibility index (Phi) is 9.08. The molecule has 2 heterocycles. The van der Waals surface area contributed by atoms with E-state index in [0.717, 1.165) is 12.8 Å². The van der Waals surface area contributed by atoms with E-state index in [1.54, 1.807) is 54.4 Å². The highest BCUT2D eigenvalue weighted by atomic mass is 32.2. The number of rotatable bonds is 6. The molecule has 1 aromatic heterocycles. The van der Waals surface area contributed by atoms with Crippen LogP contribution < -0.4 is 4.74 Å². The van der Waals surface area contributed by atoms with Gasteiger partial charge in [-0.1, -0.05) is 56.2 Å².